The Hall–Kier alpha value is -0.0800. The molecule has 1 aliphatic heterocycles. The highest BCUT2D eigenvalue weighted by Gasteiger charge is 2.40. The lowest BCUT2D eigenvalue weighted by Gasteiger charge is -2.33. The largest absolute Gasteiger partial charge is 0.372 e. The molecule has 0 amide bonds. The molecule has 2 aliphatic rings. The molecule has 0 bridgehead atoms. The second-order valence-corrected chi connectivity index (χ2v) is 5.16. The van der Waals surface area contributed by atoms with Gasteiger partial charge in [-0.25, -0.2) is 0 Å². The summed E-state index contributed by atoms with van der Waals surface area (Å²) in [4.78, 5) is 0. The molecule has 1 aliphatic carbocycles. The highest BCUT2D eigenvalue weighted by Crippen LogP contribution is 2.42. The van der Waals surface area contributed by atoms with E-state index in [1.54, 1.807) is 0 Å². The molecule has 0 aromatic rings. The Kier molecular flexibility index (Phi) is 4.04. The van der Waals surface area contributed by atoms with Gasteiger partial charge < -0.3 is 10.1 Å². The average Bonchev–Trinajstić information content (AvgIpc) is 2.63. The van der Waals surface area contributed by atoms with Gasteiger partial charge in [0.15, 0.2) is 0 Å². The lowest BCUT2D eigenvalue weighted by Crippen LogP contribution is -2.32. The van der Waals surface area contributed by atoms with Gasteiger partial charge in [0, 0.05) is 0 Å². The molecule has 1 heterocycles. The van der Waals surface area contributed by atoms with Gasteiger partial charge in [0.2, 0.25) is 0 Å². The van der Waals surface area contributed by atoms with Gasteiger partial charge in [-0.2, -0.15) is 0 Å². The van der Waals surface area contributed by atoms with Crippen molar-refractivity contribution in [1.82, 2.24) is 5.32 Å². The molecule has 1 saturated heterocycles. The summed E-state index contributed by atoms with van der Waals surface area (Å²) >= 11 is 0. The monoisotopic (exact) mass is 211 g/mol. The molecule has 2 heteroatoms. The Morgan fingerprint density at radius 3 is 2.73 bits per heavy atom. The van der Waals surface area contributed by atoms with E-state index in [9.17, 15) is 0 Å². The molecular weight excluding hydrogens is 186 g/mol. The summed E-state index contributed by atoms with van der Waals surface area (Å²) < 4.78 is 6.30. The standard InChI is InChI=1S/C13H25NO/c1-2-14-11-7-12-6-10-13(15-12)8-4-3-5-9-13/h12,14H,2-11H2,1H3. The predicted octanol–water partition coefficient (Wildman–Crippen LogP) is 2.87. The van der Waals surface area contributed by atoms with Crippen LogP contribution in [0.5, 0.6) is 0 Å². The van der Waals surface area contributed by atoms with Crippen molar-refractivity contribution in [3.05, 3.63) is 0 Å². The van der Waals surface area contributed by atoms with Crippen LogP contribution in [0.4, 0.5) is 0 Å². The molecule has 0 radical (unpaired) electrons. The van der Waals surface area contributed by atoms with Crippen molar-refractivity contribution < 1.29 is 4.74 Å². The third-order valence-electron chi connectivity index (χ3n) is 4.00. The Labute approximate surface area is 93.8 Å². The number of hydrogen-bond donors (Lipinski definition) is 1. The smallest absolute Gasteiger partial charge is 0.0687 e. The van der Waals surface area contributed by atoms with Crippen LogP contribution in [0.3, 0.4) is 0 Å². The number of hydrogen-bond acceptors (Lipinski definition) is 2. The molecule has 2 rings (SSSR count). The van der Waals surface area contributed by atoms with Crippen LogP contribution in [-0.4, -0.2) is 24.8 Å². The van der Waals surface area contributed by atoms with Gasteiger partial charge in [-0.15, -0.1) is 0 Å². The Morgan fingerprint density at radius 2 is 2.00 bits per heavy atom. The minimum Gasteiger partial charge on any atom is -0.372 e. The SMILES string of the molecule is CCNCCC1CCC2(CCCCC2)O1. The summed E-state index contributed by atoms with van der Waals surface area (Å²) in [6, 6.07) is 0. The van der Waals surface area contributed by atoms with Crippen molar-refractivity contribution >= 4 is 0 Å². The molecule has 1 saturated carbocycles. The molecule has 1 atom stereocenters. The molecule has 1 unspecified atom stereocenters. The van der Waals surface area contributed by atoms with Crippen LogP contribution in [0, 0.1) is 0 Å². The average molecular weight is 211 g/mol. The maximum atomic E-state index is 6.30. The van der Waals surface area contributed by atoms with E-state index in [4.69, 9.17) is 4.74 Å². The Balaban J connectivity index is 1.73. The zero-order chi connectivity index (χ0) is 10.6. The molecule has 15 heavy (non-hydrogen) atoms. The van der Waals surface area contributed by atoms with Crippen LogP contribution >= 0.6 is 0 Å². The van der Waals surface area contributed by atoms with Gasteiger partial charge in [0.25, 0.3) is 0 Å². The molecule has 2 nitrogen and oxygen atoms in total. The van der Waals surface area contributed by atoms with Gasteiger partial charge >= 0.3 is 0 Å². The first-order valence-corrected chi connectivity index (χ1v) is 6.73. The van der Waals surface area contributed by atoms with E-state index in [0.717, 1.165) is 13.1 Å². The molecule has 0 aromatic heterocycles. The Bertz CT molecular complexity index is 185. The second kappa shape index (κ2) is 5.31. The van der Waals surface area contributed by atoms with E-state index in [2.05, 4.69) is 12.2 Å². The maximum Gasteiger partial charge on any atom is 0.0687 e. The van der Waals surface area contributed by atoms with Crippen LogP contribution in [-0.2, 0) is 4.74 Å². The van der Waals surface area contributed by atoms with E-state index >= 15 is 0 Å². The zero-order valence-electron chi connectivity index (χ0n) is 10.1. The normalized spacial score (nSPS) is 29.8. The van der Waals surface area contributed by atoms with Crippen molar-refractivity contribution in [2.45, 2.75) is 70.0 Å². The van der Waals surface area contributed by atoms with E-state index < -0.39 is 0 Å². The summed E-state index contributed by atoms with van der Waals surface area (Å²) in [7, 11) is 0. The van der Waals surface area contributed by atoms with E-state index in [0.29, 0.717) is 11.7 Å². The summed E-state index contributed by atoms with van der Waals surface area (Å²) in [6.45, 7) is 4.37. The first kappa shape index (κ1) is 11.4. The van der Waals surface area contributed by atoms with Gasteiger partial charge in [0.05, 0.1) is 11.7 Å². The minimum absolute atomic E-state index is 0.315. The third kappa shape index (κ3) is 2.94. The Morgan fingerprint density at radius 1 is 1.20 bits per heavy atom. The molecule has 1 spiro atoms. The summed E-state index contributed by atoms with van der Waals surface area (Å²) in [6.07, 6.45) is 11.2. The van der Waals surface area contributed by atoms with Crippen LogP contribution < -0.4 is 5.32 Å². The fourth-order valence-electron chi connectivity index (χ4n) is 3.10. The van der Waals surface area contributed by atoms with Crippen molar-refractivity contribution in [2.24, 2.45) is 0 Å². The van der Waals surface area contributed by atoms with Crippen LogP contribution in [0.1, 0.15) is 58.3 Å². The highest BCUT2D eigenvalue weighted by atomic mass is 16.5. The van der Waals surface area contributed by atoms with E-state index in [1.807, 2.05) is 0 Å². The topological polar surface area (TPSA) is 21.3 Å². The van der Waals surface area contributed by atoms with Crippen molar-refractivity contribution in [2.75, 3.05) is 13.1 Å². The van der Waals surface area contributed by atoms with Gasteiger partial charge in [-0.1, -0.05) is 26.2 Å². The van der Waals surface area contributed by atoms with Gasteiger partial charge in [-0.3, -0.25) is 0 Å². The molecule has 0 aromatic carbocycles. The first-order chi connectivity index (χ1) is 7.35. The highest BCUT2D eigenvalue weighted by molar-refractivity contribution is 4.91. The third-order valence-corrected chi connectivity index (χ3v) is 4.00. The number of nitrogens with one attached hydrogen (secondary N) is 1. The van der Waals surface area contributed by atoms with Crippen LogP contribution in [0.2, 0.25) is 0 Å². The summed E-state index contributed by atoms with van der Waals surface area (Å²) in [5.41, 5.74) is 0.315. The second-order valence-electron chi connectivity index (χ2n) is 5.16. The van der Waals surface area contributed by atoms with Crippen molar-refractivity contribution in [1.29, 1.82) is 0 Å². The summed E-state index contributed by atoms with van der Waals surface area (Å²) in [5, 5.41) is 3.39. The van der Waals surface area contributed by atoms with Crippen molar-refractivity contribution in [3.8, 4) is 0 Å². The van der Waals surface area contributed by atoms with Crippen LogP contribution in [0.25, 0.3) is 0 Å². The first-order valence-electron chi connectivity index (χ1n) is 6.73. The fraction of sp³-hybridized carbons (Fsp3) is 1.00. The van der Waals surface area contributed by atoms with Crippen molar-refractivity contribution in [3.63, 3.8) is 0 Å². The number of rotatable bonds is 4. The van der Waals surface area contributed by atoms with E-state index in [-0.39, 0.29) is 0 Å². The number of ether oxygens (including phenoxy) is 1. The fourth-order valence-corrected chi connectivity index (χ4v) is 3.10. The molecule has 1 N–H and O–H groups in total. The minimum atomic E-state index is 0.315. The van der Waals surface area contributed by atoms with Gasteiger partial charge in [0.1, 0.15) is 0 Å². The quantitative estimate of drug-likeness (QED) is 0.722. The molecule has 88 valence electrons. The predicted molar refractivity (Wildman–Crippen MR) is 63.1 cm³/mol. The molecular formula is C13H25NO. The zero-order valence-corrected chi connectivity index (χ0v) is 10.1. The maximum absolute atomic E-state index is 6.30. The lowest BCUT2D eigenvalue weighted by atomic mass is 9.83. The molecule has 2 fully saturated rings. The lowest BCUT2D eigenvalue weighted by molar-refractivity contribution is -0.0652. The summed E-state index contributed by atoms with van der Waals surface area (Å²) in [5.74, 6) is 0. The van der Waals surface area contributed by atoms with Crippen LogP contribution in [0.15, 0.2) is 0 Å². The van der Waals surface area contributed by atoms with Gasteiger partial charge in [-0.05, 0) is 45.2 Å². The van der Waals surface area contributed by atoms with E-state index in [1.165, 1.54) is 51.4 Å².